The van der Waals surface area contributed by atoms with Crippen molar-refractivity contribution in [3.05, 3.63) is 59.9 Å². The molecule has 142 valence electrons. The van der Waals surface area contributed by atoms with Crippen LogP contribution in [-0.2, 0) is 0 Å². The van der Waals surface area contributed by atoms with Crippen molar-refractivity contribution in [3.63, 3.8) is 0 Å². The molecule has 1 amide bonds. The van der Waals surface area contributed by atoms with Crippen LogP contribution in [0.4, 0.5) is 17.1 Å². The third-order valence-electron chi connectivity index (χ3n) is 4.80. The first kappa shape index (κ1) is 19.0. The lowest BCUT2D eigenvalue weighted by Gasteiger charge is -2.14. The molecule has 0 radical (unpaired) electrons. The fourth-order valence-corrected chi connectivity index (χ4v) is 3.21. The van der Waals surface area contributed by atoms with Crippen molar-refractivity contribution in [1.82, 2.24) is 4.98 Å². The summed E-state index contributed by atoms with van der Waals surface area (Å²) in [5.41, 5.74) is 4.83. The Kier molecular flexibility index (Phi) is 6.47. The maximum Gasteiger partial charge on any atom is 0.257 e. The van der Waals surface area contributed by atoms with E-state index in [9.17, 15) is 4.79 Å². The molecule has 27 heavy (non-hydrogen) atoms. The summed E-state index contributed by atoms with van der Waals surface area (Å²) >= 11 is 0. The van der Waals surface area contributed by atoms with Gasteiger partial charge < -0.3 is 15.5 Å². The molecule has 0 bridgehead atoms. The summed E-state index contributed by atoms with van der Waals surface area (Å²) in [6.07, 6.45) is 11.8. The van der Waals surface area contributed by atoms with Gasteiger partial charge in [0, 0.05) is 44.4 Å². The van der Waals surface area contributed by atoms with Crippen molar-refractivity contribution < 1.29 is 4.79 Å². The van der Waals surface area contributed by atoms with Crippen LogP contribution in [0.3, 0.4) is 0 Å². The van der Waals surface area contributed by atoms with Gasteiger partial charge in [-0.15, -0.1) is 0 Å². The molecule has 0 spiro atoms. The van der Waals surface area contributed by atoms with Crippen LogP contribution in [0.5, 0.6) is 0 Å². The highest BCUT2D eigenvalue weighted by Gasteiger charge is 2.08. The molecule has 1 aromatic carbocycles. The molecule has 2 N–H and O–H groups in total. The number of nitrogens with zero attached hydrogens (tertiary/aromatic N) is 2. The van der Waals surface area contributed by atoms with E-state index < -0.39 is 0 Å². The largest absolute Gasteiger partial charge is 0.383 e. The normalized spacial score (nSPS) is 13.6. The van der Waals surface area contributed by atoms with E-state index in [0.29, 0.717) is 5.56 Å². The first-order chi connectivity index (χ1) is 13.1. The highest BCUT2D eigenvalue weighted by Crippen LogP contribution is 2.20. The molecule has 5 heteroatoms. The van der Waals surface area contributed by atoms with Crippen LogP contribution in [0.2, 0.25) is 0 Å². The maximum atomic E-state index is 12.5. The third kappa shape index (κ3) is 5.58. The van der Waals surface area contributed by atoms with Crippen molar-refractivity contribution in [2.75, 3.05) is 36.2 Å². The number of allylic oxidation sites excluding steroid dienone is 1. The van der Waals surface area contributed by atoms with Gasteiger partial charge in [0.2, 0.25) is 0 Å². The highest BCUT2D eigenvalue weighted by atomic mass is 16.1. The van der Waals surface area contributed by atoms with Crippen LogP contribution < -0.4 is 15.5 Å². The van der Waals surface area contributed by atoms with Crippen LogP contribution in [0.25, 0.3) is 0 Å². The summed E-state index contributed by atoms with van der Waals surface area (Å²) in [5.74, 6) is -0.154. The number of hydrogen-bond donors (Lipinski definition) is 2. The molecule has 1 heterocycles. The zero-order valence-corrected chi connectivity index (χ0v) is 16.2. The molecule has 5 nitrogen and oxygen atoms in total. The summed E-state index contributed by atoms with van der Waals surface area (Å²) in [4.78, 5) is 18.7. The van der Waals surface area contributed by atoms with Gasteiger partial charge in [-0.25, -0.2) is 0 Å². The fourth-order valence-electron chi connectivity index (χ4n) is 3.21. The summed E-state index contributed by atoms with van der Waals surface area (Å²) < 4.78 is 0. The van der Waals surface area contributed by atoms with Gasteiger partial charge in [0.05, 0.1) is 11.3 Å². The minimum atomic E-state index is -0.154. The SMILES string of the molecule is CN(C)c1ccc(NC(=O)c2cncc(NCCC3=CCCCC3)c2)cc1. The second-order valence-corrected chi connectivity index (χ2v) is 7.14. The van der Waals surface area contributed by atoms with Crippen molar-refractivity contribution in [2.45, 2.75) is 32.1 Å². The lowest BCUT2D eigenvalue weighted by atomic mass is 9.97. The molecule has 3 rings (SSSR count). The summed E-state index contributed by atoms with van der Waals surface area (Å²) in [6, 6.07) is 9.62. The minimum Gasteiger partial charge on any atom is -0.383 e. The van der Waals surface area contributed by atoms with Crippen molar-refractivity contribution in [1.29, 1.82) is 0 Å². The fraction of sp³-hybridized carbons (Fsp3) is 0.364. The van der Waals surface area contributed by atoms with E-state index in [1.165, 1.54) is 31.3 Å². The standard InChI is InChI=1S/C22H28N4O/c1-26(2)21-10-8-19(9-11-21)25-22(27)18-14-20(16-23-15-18)24-13-12-17-6-4-3-5-7-17/h6,8-11,14-16,24H,3-5,7,12-13H2,1-2H3,(H,25,27). The molecular weight excluding hydrogens is 336 g/mol. The van der Waals surface area contributed by atoms with Gasteiger partial charge in [-0.3, -0.25) is 9.78 Å². The summed E-state index contributed by atoms with van der Waals surface area (Å²) in [7, 11) is 3.98. The molecule has 1 aliphatic rings. The van der Waals surface area contributed by atoms with Crippen LogP contribution in [0, 0.1) is 0 Å². The zero-order valence-electron chi connectivity index (χ0n) is 16.2. The first-order valence-electron chi connectivity index (χ1n) is 9.57. The Morgan fingerprint density at radius 3 is 2.63 bits per heavy atom. The van der Waals surface area contributed by atoms with Gasteiger partial charge in [-0.1, -0.05) is 11.6 Å². The van der Waals surface area contributed by atoms with E-state index in [0.717, 1.165) is 30.0 Å². The number of carbonyl (C=O) groups excluding carboxylic acids is 1. The Balaban J connectivity index is 1.55. The third-order valence-corrected chi connectivity index (χ3v) is 4.80. The van der Waals surface area contributed by atoms with Gasteiger partial charge in [0.25, 0.3) is 5.91 Å². The molecular formula is C22H28N4O. The molecule has 0 unspecified atom stereocenters. The van der Waals surface area contributed by atoms with E-state index in [-0.39, 0.29) is 5.91 Å². The van der Waals surface area contributed by atoms with Crippen molar-refractivity contribution in [2.24, 2.45) is 0 Å². The number of aromatic nitrogens is 1. The minimum absolute atomic E-state index is 0.154. The second kappa shape index (κ2) is 9.21. The van der Waals surface area contributed by atoms with E-state index in [1.54, 1.807) is 12.4 Å². The topological polar surface area (TPSA) is 57.3 Å². The average Bonchev–Trinajstić information content (AvgIpc) is 2.69. The molecule has 0 fully saturated rings. The van der Waals surface area contributed by atoms with Gasteiger partial charge >= 0.3 is 0 Å². The first-order valence-corrected chi connectivity index (χ1v) is 9.57. The monoisotopic (exact) mass is 364 g/mol. The van der Waals surface area contributed by atoms with Crippen LogP contribution in [0.15, 0.2) is 54.4 Å². The quantitative estimate of drug-likeness (QED) is 0.699. The molecule has 1 aliphatic carbocycles. The number of benzene rings is 1. The van der Waals surface area contributed by atoms with E-state index >= 15 is 0 Å². The smallest absolute Gasteiger partial charge is 0.257 e. The number of amides is 1. The van der Waals surface area contributed by atoms with E-state index in [2.05, 4.69) is 21.7 Å². The molecule has 2 aromatic rings. The Morgan fingerprint density at radius 2 is 1.93 bits per heavy atom. The lowest BCUT2D eigenvalue weighted by Crippen LogP contribution is -2.13. The molecule has 0 saturated carbocycles. The zero-order chi connectivity index (χ0) is 19.1. The van der Waals surface area contributed by atoms with Crippen molar-refractivity contribution >= 4 is 23.0 Å². The van der Waals surface area contributed by atoms with Gasteiger partial charge in [0.15, 0.2) is 0 Å². The highest BCUT2D eigenvalue weighted by molar-refractivity contribution is 6.04. The van der Waals surface area contributed by atoms with Gasteiger partial charge in [-0.05, 0) is 62.4 Å². The lowest BCUT2D eigenvalue weighted by molar-refractivity contribution is 0.102. The summed E-state index contributed by atoms with van der Waals surface area (Å²) in [6.45, 7) is 0.866. The van der Waals surface area contributed by atoms with Crippen LogP contribution in [-0.4, -0.2) is 31.5 Å². The Bertz CT molecular complexity index is 796. The Labute approximate surface area is 161 Å². The number of rotatable bonds is 7. The van der Waals surface area contributed by atoms with Crippen molar-refractivity contribution in [3.8, 4) is 0 Å². The maximum absolute atomic E-state index is 12.5. The molecule has 0 atom stereocenters. The molecule has 0 aliphatic heterocycles. The molecule has 0 saturated heterocycles. The molecule has 1 aromatic heterocycles. The van der Waals surface area contributed by atoms with E-state index in [1.807, 2.05) is 49.3 Å². The van der Waals surface area contributed by atoms with Crippen LogP contribution >= 0.6 is 0 Å². The Morgan fingerprint density at radius 1 is 1.11 bits per heavy atom. The van der Waals surface area contributed by atoms with Gasteiger partial charge in [-0.2, -0.15) is 0 Å². The Hall–Kier alpha value is -2.82. The van der Waals surface area contributed by atoms with Gasteiger partial charge in [0.1, 0.15) is 0 Å². The number of pyridine rings is 1. The summed E-state index contributed by atoms with van der Waals surface area (Å²) in [5, 5.41) is 6.31. The number of carbonyl (C=O) groups is 1. The predicted octanol–water partition coefficient (Wildman–Crippen LogP) is 4.70. The van der Waals surface area contributed by atoms with Crippen LogP contribution in [0.1, 0.15) is 42.5 Å². The average molecular weight is 364 g/mol. The number of anilines is 3. The number of nitrogens with one attached hydrogen (secondary N) is 2. The second-order valence-electron chi connectivity index (χ2n) is 7.14. The predicted molar refractivity (Wildman–Crippen MR) is 113 cm³/mol. The van der Waals surface area contributed by atoms with E-state index in [4.69, 9.17) is 0 Å². The number of hydrogen-bond acceptors (Lipinski definition) is 4.